The first-order valence-electron chi connectivity index (χ1n) is 6.16. The lowest BCUT2D eigenvalue weighted by atomic mass is 10.4. The third-order valence-corrected chi connectivity index (χ3v) is 2.36. The summed E-state index contributed by atoms with van der Waals surface area (Å²) >= 11 is 0. The molecule has 1 aromatic rings. The van der Waals surface area contributed by atoms with E-state index in [4.69, 9.17) is 4.74 Å². The van der Waals surface area contributed by atoms with Crippen LogP contribution in [0.25, 0.3) is 0 Å². The Labute approximate surface area is 109 Å². The van der Waals surface area contributed by atoms with E-state index in [0.717, 1.165) is 44.3 Å². The average molecular weight is 253 g/mol. The first-order valence-corrected chi connectivity index (χ1v) is 6.16. The standard InChI is InChI=1S/C12H23N5O/c1-17(2)7-6-14-12-9-11(15-10-16-12)13-5-4-8-18-3/h9-10H,4-8H2,1-3H3,(H2,13,14,15,16). The molecule has 0 unspecified atom stereocenters. The number of hydrogen-bond donors (Lipinski definition) is 2. The largest absolute Gasteiger partial charge is 0.385 e. The molecule has 1 rings (SSSR count). The van der Waals surface area contributed by atoms with Crippen LogP contribution in [0, 0.1) is 0 Å². The van der Waals surface area contributed by atoms with Crippen LogP contribution in [0.15, 0.2) is 12.4 Å². The molecule has 0 radical (unpaired) electrons. The van der Waals surface area contributed by atoms with Gasteiger partial charge in [-0.3, -0.25) is 0 Å². The Morgan fingerprint density at radius 3 is 2.44 bits per heavy atom. The summed E-state index contributed by atoms with van der Waals surface area (Å²) in [7, 11) is 5.80. The summed E-state index contributed by atoms with van der Waals surface area (Å²) in [5, 5.41) is 6.50. The van der Waals surface area contributed by atoms with Crippen LogP contribution in [0.5, 0.6) is 0 Å². The van der Waals surface area contributed by atoms with Crippen LogP contribution >= 0.6 is 0 Å². The van der Waals surface area contributed by atoms with Gasteiger partial charge in [-0.1, -0.05) is 0 Å². The van der Waals surface area contributed by atoms with Crippen LogP contribution in [0.2, 0.25) is 0 Å². The van der Waals surface area contributed by atoms with Crippen molar-refractivity contribution < 1.29 is 4.74 Å². The van der Waals surface area contributed by atoms with E-state index in [2.05, 4.69) is 25.5 Å². The molecule has 2 N–H and O–H groups in total. The molecule has 0 aromatic carbocycles. The molecule has 0 spiro atoms. The van der Waals surface area contributed by atoms with Crippen molar-refractivity contribution in [3.05, 3.63) is 12.4 Å². The third kappa shape index (κ3) is 6.36. The fraction of sp³-hybridized carbons (Fsp3) is 0.667. The van der Waals surface area contributed by atoms with Crippen LogP contribution in [0.1, 0.15) is 6.42 Å². The van der Waals surface area contributed by atoms with E-state index in [1.54, 1.807) is 13.4 Å². The van der Waals surface area contributed by atoms with E-state index in [0.29, 0.717) is 0 Å². The minimum Gasteiger partial charge on any atom is -0.385 e. The molecule has 0 bridgehead atoms. The molecular formula is C12H23N5O. The molecule has 0 saturated carbocycles. The fourth-order valence-corrected chi connectivity index (χ4v) is 1.39. The van der Waals surface area contributed by atoms with E-state index in [1.807, 2.05) is 20.2 Å². The van der Waals surface area contributed by atoms with Crippen LogP contribution in [0.3, 0.4) is 0 Å². The van der Waals surface area contributed by atoms with Crippen LogP contribution in [-0.4, -0.2) is 62.3 Å². The number of likely N-dealkylation sites (N-methyl/N-ethyl adjacent to an activating group) is 1. The summed E-state index contributed by atoms with van der Waals surface area (Å²) in [5.41, 5.74) is 0. The molecule has 6 nitrogen and oxygen atoms in total. The maximum atomic E-state index is 4.99. The van der Waals surface area contributed by atoms with Crippen LogP contribution < -0.4 is 10.6 Å². The summed E-state index contributed by atoms with van der Waals surface area (Å²) in [5.74, 6) is 1.69. The normalized spacial score (nSPS) is 10.7. The highest BCUT2D eigenvalue weighted by Gasteiger charge is 1.98. The number of methoxy groups -OCH3 is 1. The molecule has 0 amide bonds. The number of aromatic nitrogens is 2. The molecule has 18 heavy (non-hydrogen) atoms. The molecule has 0 atom stereocenters. The highest BCUT2D eigenvalue weighted by Crippen LogP contribution is 2.07. The summed E-state index contributed by atoms with van der Waals surface area (Å²) in [6, 6.07) is 1.92. The molecule has 0 saturated heterocycles. The SMILES string of the molecule is COCCCNc1cc(NCCN(C)C)ncn1. The van der Waals surface area contributed by atoms with Gasteiger partial charge in [0.2, 0.25) is 0 Å². The van der Waals surface area contributed by atoms with Gasteiger partial charge in [-0.25, -0.2) is 9.97 Å². The molecule has 1 aromatic heterocycles. The van der Waals surface area contributed by atoms with E-state index in [-0.39, 0.29) is 0 Å². The van der Waals surface area contributed by atoms with Crippen molar-refractivity contribution in [2.45, 2.75) is 6.42 Å². The molecule has 0 aliphatic rings. The van der Waals surface area contributed by atoms with E-state index in [9.17, 15) is 0 Å². The lowest BCUT2D eigenvalue weighted by Gasteiger charge is -2.11. The summed E-state index contributed by atoms with van der Waals surface area (Å²) in [4.78, 5) is 10.5. The third-order valence-electron chi connectivity index (χ3n) is 2.36. The second-order valence-corrected chi connectivity index (χ2v) is 4.29. The zero-order valence-electron chi connectivity index (χ0n) is 11.4. The van der Waals surface area contributed by atoms with Gasteiger partial charge in [-0.2, -0.15) is 0 Å². The Balaban J connectivity index is 2.32. The smallest absolute Gasteiger partial charge is 0.131 e. The lowest BCUT2D eigenvalue weighted by Crippen LogP contribution is -2.21. The van der Waals surface area contributed by atoms with Crippen molar-refractivity contribution in [1.82, 2.24) is 14.9 Å². The molecule has 0 aliphatic carbocycles. The highest BCUT2D eigenvalue weighted by molar-refractivity contribution is 5.46. The first kappa shape index (κ1) is 14.7. The molecule has 1 heterocycles. The summed E-state index contributed by atoms with van der Waals surface area (Å²) < 4.78 is 4.99. The molecule has 0 aliphatic heterocycles. The lowest BCUT2D eigenvalue weighted by molar-refractivity contribution is 0.198. The Hall–Kier alpha value is -1.40. The Morgan fingerprint density at radius 1 is 1.17 bits per heavy atom. The van der Waals surface area contributed by atoms with Crippen molar-refractivity contribution in [3.8, 4) is 0 Å². The van der Waals surface area contributed by atoms with Gasteiger partial charge in [0.25, 0.3) is 0 Å². The number of anilines is 2. The predicted molar refractivity (Wildman–Crippen MR) is 74.1 cm³/mol. The van der Waals surface area contributed by atoms with Crippen molar-refractivity contribution in [1.29, 1.82) is 0 Å². The van der Waals surface area contributed by atoms with Crippen molar-refractivity contribution in [2.75, 3.05) is 58.1 Å². The number of rotatable bonds is 9. The van der Waals surface area contributed by atoms with E-state index < -0.39 is 0 Å². The maximum Gasteiger partial charge on any atom is 0.131 e. The van der Waals surface area contributed by atoms with Crippen molar-refractivity contribution in [2.24, 2.45) is 0 Å². The monoisotopic (exact) mass is 253 g/mol. The highest BCUT2D eigenvalue weighted by atomic mass is 16.5. The van der Waals surface area contributed by atoms with Gasteiger partial charge in [0.1, 0.15) is 18.0 Å². The minimum atomic E-state index is 0.756. The second-order valence-electron chi connectivity index (χ2n) is 4.29. The molecule has 102 valence electrons. The number of nitrogens with zero attached hydrogens (tertiary/aromatic N) is 3. The van der Waals surface area contributed by atoms with Gasteiger partial charge in [0.15, 0.2) is 0 Å². The molecular weight excluding hydrogens is 230 g/mol. The number of ether oxygens (including phenoxy) is 1. The fourth-order valence-electron chi connectivity index (χ4n) is 1.39. The van der Waals surface area contributed by atoms with Gasteiger partial charge in [-0.05, 0) is 20.5 Å². The maximum absolute atomic E-state index is 4.99. The summed E-state index contributed by atoms with van der Waals surface area (Å²) in [6.45, 7) is 3.45. The topological polar surface area (TPSA) is 62.3 Å². The van der Waals surface area contributed by atoms with Crippen molar-refractivity contribution in [3.63, 3.8) is 0 Å². The minimum absolute atomic E-state index is 0.756. The molecule has 0 fully saturated rings. The number of hydrogen-bond acceptors (Lipinski definition) is 6. The Kier molecular flexibility index (Phi) is 7.05. The Bertz CT molecular complexity index is 332. The zero-order chi connectivity index (χ0) is 13.2. The first-order chi connectivity index (χ1) is 8.72. The average Bonchev–Trinajstić information content (AvgIpc) is 2.35. The van der Waals surface area contributed by atoms with Gasteiger partial charge >= 0.3 is 0 Å². The van der Waals surface area contributed by atoms with E-state index >= 15 is 0 Å². The second kappa shape index (κ2) is 8.66. The molecule has 6 heteroatoms. The van der Waals surface area contributed by atoms with Gasteiger partial charge in [-0.15, -0.1) is 0 Å². The quantitative estimate of drug-likeness (QED) is 0.638. The van der Waals surface area contributed by atoms with Crippen LogP contribution in [-0.2, 0) is 4.74 Å². The number of nitrogens with one attached hydrogen (secondary N) is 2. The van der Waals surface area contributed by atoms with Gasteiger partial charge in [0.05, 0.1) is 0 Å². The zero-order valence-corrected chi connectivity index (χ0v) is 11.4. The predicted octanol–water partition coefficient (Wildman–Crippen LogP) is 0.898. The van der Waals surface area contributed by atoms with Gasteiger partial charge in [0, 0.05) is 39.4 Å². The van der Waals surface area contributed by atoms with E-state index in [1.165, 1.54) is 0 Å². The van der Waals surface area contributed by atoms with Crippen LogP contribution in [0.4, 0.5) is 11.6 Å². The summed E-state index contributed by atoms with van der Waals surface area (Å²) in [6.07, 6.45) is 2.53. The van der Waals surface area contributed by atoms with Crippen molar-refractivity contribution >= 4 is 11.6 Å². The Morgan fingerprint density at radius 2 is 1.83 bits per heavy atom. The van der Waals surface area contributed by atoms with Gasteiger partial charge < -0.3 is 20.3 Å².